The first-order valence-corrected chi connectivity index (χ1v) is 7.12. The molecule has 0 radical (unpaired) electrons. The third-order valence-electron chi connectivity index (χ3n) is 2.35. The van der Waals surface area contributed by atoms with E-state index in [0.717, 1.165) is 23.1 Å². The van der Waals surface area contributed by atoms with Crippen molar-refractivity contribution in [3.8, 4) is 11.4 Å². The maximum Gasteiger partial charge on any atom is 0.344 e. The molecule has 11 heteroatoms. The van der Waals surface area contributed by atoms with Gasteiger partial charge < -0.3 is 5.11 Å². The maximum atomic E-state index is 10.6. The van der Waals surface area contributed by atoms with Crippen molar-refractivity contribution in [3.05, 3.63) is 40.6 Å². The molecule has 1 N–H and O–H groups in total. The molecule has 0 atom stereocenters. The van der Waals surface area contributed by atoms with Crippen LogP contribution in [0.4, 0.5) is 5.00 Å². The van der Waals surface area contributed by atoms with Gasteiger partial charge in [-0.25, -0.2) is 4.98 Å². The van der Waals surface area contributed by atoms with Crippen molar-refractivity contribution >= 4 is 28.1 Å². The second-order valence-corrected chi connectivity index (χ2v) is 5.94. The van der Waals surface area contributed by atoms with Gasteiger partial charge >= 0.3 is 5.00 Å². The summed E-state index contributed by atoms with van der Waals surface area (Å²) in [5.74, 6) is 0.0869. The Hall–Kier alpha value is -2.53. The molecule has 2 heterocycles. The van der Waals surface area contributed by atoms with E-state index in [-0.39, 0.29) is 10.8 Å². The number of aromatic nitrogens is 5. The molecule has 21 heavy (non-hydrogen) atoms. The number of nitro groups is 1. The quantitative estimate of drug-likeness (QED) is 0.571. The molecule has 0 aliphatic heterocycles. The Morgan fingerprint density at radius 1 is 1.43 bits per heavy atom. The zero-order chi connectivity index (χ0) is 14.8. The van der Waals surface area contributed by atoms with E-state index in [1.54, 1.807) is 12.1 Å². The Labute approximate surface area is 125 Å². The first-order valence-electron chi connectivity index (χ1n) is 5.49. The van der Waals surface area contributed by atoms with Gasteiger partial charge in [0, 0.05) is 6.07 Å². The highest BCUT2D eigenvalue weighted by molar-refractivity contribution is 8.00. The lowest BCUT2D eigenvalue weighted by Gasteiger charge is -2.02. The monoisotopic (exact) mass is 322 g/mol. The lowest BCUT2D eigenvalue weighted by Crippen LogP contribution is -1.98. The van der Waals surface area contributed by atoms with Gasteiger partial charge in [0.2, 0.25) is 5.16 Å². The number of hydrogen-bond donors (Lipinski definition) is 1. The predicted octanol–water partition coefficient (Wildman–Crippen LogP) is 1.88. The summed E-state index contributed by atoms with van der Waals surface area (Å²) in [6.45, 7) is 0. The average molecular weight is 322 g/mol. The fourth-order valence-electron chi connectivity index (χ4n) is 1.49. The van der Waals surface area contributed by atoms with Gasteiger partial charge in [0.05, 0.1) is 10.6 Å². The summed E-state index contributed by atoms with van der Waals surface area (Å²) in [5.41, 5.74) is 0.577. The van der Waals surface area contributed by atoms with Crippen LogP contribution in [0.5, 0.6) is 5.75 Å². The van der Waals surface area contributed by atoms with E-state index in [1.807, 2.05) is 0 Å². The highest BCUT2D eigenvalue weighted by atomic mass is 32.2. The van der Waals surface area contributed by atoms with Gasteiger partial charge in [0.25, 0.3) is 0 Å². The van der Waals surface area contributed by atoms with Crippen LogP contribution in [0.25, 0.3) is 5.69 Å². The molecule has 0 spiro atoms. The SMILES string of the molecule is O=[N+]([O-])c1cnc(Sc2nnnn2-c2cccc(O)c2)s1. The second kappa shape index (κ2) is 5.46. The third-order valence-corrected chi connectivity index (χ3v) is 4.31. The van der Waals surface area contributed by atoms with Gasteiger partial charge in [0.1, 0.15) is 11.9 Å². The van der Waals surface area contributed by atoms with E-state index in [1.165, 1.54) is 23.0 Å². The Kier molecular flexibility index (Phi) is 3.50. The molecule has 0 bridgehead atoms. The number of tetrazole rings is 1. The van der Waals surface area contributed by atoms with Crippen LogP contribution in [0.15, 0.2) is 40.0 Å². The van der Waals surface area contributed by atoms with E-state index in [2.05, 4.69) is 20.5 Å². The molecule has 0 saturated carbocycles. The Morgan fingerprint density at radius 3 is 3.00 bits per heavy atom. The van der Waals surface area contributed by atoms with Crippen LogP contribution in [-0.2, 0) is 0 Å². The van der Waals surface area contributed by atoms with Gasteiger partial charge in [-0.15, -0.1) is 5.10 Å². The van der Waals surface area contributed by atoms with E-state index in [9.17, 15) is 15.2 Å². The minimum atomic E-state index is -0.500. The zero-order valence-electron chi connectivity index (χ0n) is 10.2. The fourth-order valence-corrected chi connectivity index (χ4v) is 3.17. The van der Waals surface area contributed by atoms with Crippen molar-refractivity contribution in [2.24, 2.45) is 0 Å². The van der Waals surface area contributed by atoms with Crippen molar-refractivity contribution < 1.29 is 10.0 Å². The van der Waals surface area contributed by atoms with Crippen molar-refractivity contribution in [3.63, 3.8) is 0 Å². The summed E-state index contributed by atoms with van der Waals surface area (Å²) in [5, 5.41) is 31.7. The van der Waals surface area contributed by atoms with Gasteiger partial charge in [-0.05, 0) is 45.7 Å². The van der Waals surface area contributed by atoms with Crippen LogP contribution in [0, 0.1) is 10.1 Å². The molecular weight excluding hydrogens is 316 g/mol. The molecule has 2 aromatic heterocycles. The number of phenols is 1. The first kappa shape index (κ1) is 13.5. The molecule has 3 rings (SSSR count). The summed E-state index contributed by atoms with van der Waals surface area (Å²) in [6.07, 6.45) is 1.19. The molecule has 106 valence electrons. The molecule has 0 aliphatic rings. The summed E-state index contributed by atoms with van der Waals surface area (Å²) in [4.78, 5) is 14.1. The number of thiazole rings is 1. The van der Waals surface area contributed by atoms with E-state index >= 15 is 0 Å². The van der Waals surface area contributed by atoms with Gasteiger partial charge in [0.15, 0.2) is 4.34 Å². The third kappa shape index (κ3) is 2.83. The Balaban J connectivity index is 1.90. The Morgan fingerprint density at radius 2 is 2.29 bits per heavy atom. The van der Waals surface area contributed by atoms with Crippen molar-refractivity contribution in [1.29, 1.82) is 0 Å². The average Bonchev–Trinajstić information content (AvgIpc) is 3.08. The lowest BCUT2D eigenvalue weighted by atomic mass is 10.3. The molecular formula is C10H6N6O3S2. The molecule has 1 aromatic carbocycles. The number of aromatic hydroxyl groups is 1. The maximum absolute atomic E-state index is 10.6. The number of hydrogen-bond acceptors (Lipinski definition) is 9. The normalized spacial score (nSPS) is 10.7. The van der Waals surface area contributed by atoms with Gasteiger partial charge in [-0.1, -0.05) is 6.07 Å². The number of phenolic OH excluding ortho intramolecular Hbond substituents is 1. The number of nitrogens with zero attached hydrogens (tertiary/aromatic N) is 6. The molecule has 0 fully saturated rings. The minimum Gasteiger partial charge on any atom is -0.508 e. The fraction of sp³-hybridized carbons (Fsp3) is 0. The summed E-state index contributed by atoms with van der Waals surface area (Å²) >= 11 is 2.05. The van der Waals surface area contributed by atoms with E-state index in [0.29, 0.717) is 15.2 Å². The summed E-state index contributed by atoms with van der Waals surface area (Å²) in [6, 6.07) is 6.43. The van der Waals surface area contributed by atoms with Crippen LogP contribution < -0.4 is 0 Å². The molecule has 0 saturated heterocycles. The van der Waals surface area contributed by atoms with Crippen molar-refractivity contribution in [2.75, 3.05) is 0 Å². The molecule has 0 unspecified atom stereocenters. The van der Waals surface area contributed by atoms with E-state index < -0.39 is 4.92 Å². The summed E-state index contributed by atoms with van der Waals surface area (Å²) in [7, 11) is 0. The largest absolute Gasteiger partial charge is 0.508 e. The molecule has 0 amide bonds. The highest BCUT2D eigenvalue weighted by Gasteiger charge is 2.16. The lowest BCUT2D eigenvalue weighted by molar-refractivity contribution is -0.380. The van der Waals surface area contributed by atoms with Crippen LogP contribution in [0.3, 0.4) is 0 Å². The van der Waals surface area contributed by atoms with Crippen molar-refractivity contribution in [2.45, 2.75) is 9.50 Å². The molecule has 3 aromatic rings. The summed E-state index contributed by atoms with van der Waals surface area (Å²) < 4.78 is 1.87. The number of benzene rings is 1. The minimum absolute atomic E-state index is 0.0473. The van der Waals surface area contributed by atoms with Crippen LogP contribution in [-0.4, -0.2) is 35.2 Å². The molecule has 0 aliphatic carbocycles. The topological polar surface area (TPSA) is 120 Å². The highest BCUT2D eigenvalue weighted by Crippen LogP contribution is 2.33. The second-order valence-electron chi connectivity index (χ2n) is 3.72. The van der Waals surface area contributed by atoms with Crippen LogP contribution in [0.1, 0.15) is 0 Å². The molecule has 9 nitrogen and oxygen atoms in total. The zero-order valence-corrected chi connectivity index (χ0v) is 11.8. The predicted molar refractivity (Wildman–Crippen MR) is 73.7 cm³/mol. The van der Waals surface area contributed by atoms with Crippen molar-refractivity contribution in [1.82, 2.24) is 25.2 Å². The van der Waals surface area contributed by atoms with Gasteiger partial charge in [-0.2, -0.15) is 4.68 Å². The number of rotatable bonds is 4. The smallest absolute Gasteiger partial charge is 0.344 e. The van der Waals surface area contributed by atoms with Gasteiger partial charge in [-0.3, -0.25) is 10.1 Å². The van der Waals surface area contributed by atoms with Crippen LogP contribution in [0.2, 0.25) is 0 Å². The van der Waals surface area contributed by atoms with E-state index in [4.69, 9.17) is 0 Å². The first-order chi connectivity index (χ1) is 10.1. The standard InChI is InChI=1S/C10H6N6O3S2/c17-7-3-1-2-6(4-7)15-9(12-13-14-15)21-10-11-5-8(20-10)16(18)19/h1-5,17H. The van der Waals surface area contributed by atoms with Crippen LogP contribution >= 0.6 is 23.1 Å². The Bertz CT molecular complexity index is 801.